The molecule has 0 bridgehead atoms. The molecule has 4 aliphatic rings. The Hall–Kier alpha value is -8.33. The monoisotopic (exact) mass is 960 g/mol. The normalized spacial score (nSPS) is 16.0. The van der Waals surface area contributed by atoms with E-state index in [1.165, 1.54) is 34.1 Å². The summed E-state index contributed by atoms with van der Waals surface area (Å²) in [5.41, 5.74) is 5.48. The van der Waals surface area contributed by atoms with E-state index >= 15 is 0 Å². The van der Waals surface area contributed by atoms with Crippen LogP contribution in [0, 0.1) is 0 Å². The average Bonchev–Trinajstić information content (AvgIpc) is 3.87. The number of fused-ring (bicyclic) bond motifs is 2. The van der Waals surface area contributed by atoms with Crippen molar-refractivity contribution in [1.82, 2.24) is 19.8 Å². The van der Waals surface area contributed by atoms with Crippen molar-refractivity contribution in [2.45, 2.75) is 29.6 Å². The largest absolute Gasteiger partial charge is 0.448 e. The van der Waals surface area contributed by atoms with Gasteiger partial charge in [-0.25, -0.2) is 9.78 Å². The molecule has 4 heterocycles. The molecule has 2 atom stereocenters. The summed E-state index contributed by atoms with van der Waals surface area (Å²) in [5, 5.41) is 21.6. The van der Waals surface area contributed by atoms with Gasteiger partial charge in [0.15, 0.2) is 22.4 Å². The molecular formula is C56H44N6O6S2. The molecule has 0 radical (unpaired) electrons. The quantitative estimate of drug-likeness (QED) is 0.0228. The van der Waals surface area contributed by atoms with E-state index in [1.807, 2.05) is 187 Å². The van der Waals surface area contributed by atoms with Crippen molar-refractivity contribution in [3.63, 3.8) is 0 Å². The Morgan fingerprint density at radius 2 is 1.37 bits per heavy atom. The molecule has 12 nitrogen and oxygen atoms in total. The number of esters is 1. The molecule has 0 saturated carbocycles. The first kappa shape index (κ1) is 45.5. The topological polar surface area (TPSA) is 155 Å². The summed E-state index contributed by atoms with van der Waals surface area (Å²) in [5.74, 6) is -1.74. The van der Waals surface area contributed by atoms with Crippen LogP contribution in [-0.4, -0.2) is 60.3 Å². The number of ether oxygens (including phenoxy) is 1. The lowest BCUT2D eigenvalue weighted by Crippen LogP contribution is -2.71. The molecule has 2 amide bonds. The summed E-state index contributed by atoms with van der Waals surface area (Å²) in [7, 11) is 0. The van der Waals surface area contributed by atoms with Crippen LogP contribution in [0.5, 0.6) is 0 Å². The lowest BCUT2D eigenvalue weighted by Gasteiger charge is -2.49. The highest BCUT2D eigenvalue weighted by Gasteiger charge is 2.55. The molecule has 3 N–H and O–H groups in total. The maximum atomic E-state index is 14.6. The number of oxime groups is 1. The van der Waals surface area contributed by atoms with Gasteiger partial charge in [0.1, 0.15) is 28.3 Å². The third-order valence-corrected chi connectivity index (χ3v) is 14.4. The number of rotatable bonds is 15. The lowest BCUT2D eigenvalue weighted by atomic mass is 9.77. The Morgan fingerprint density at radius 1 is 0.786 bits per heavy atom. The number of benzene rings is 6. The minimum Gasteiger partial charge on any atom is -0.448 e. The highest BCUT2D eigenvalue weighted by atomic mass is 32.2. The molecule has 5 aromatic carbocycles. The van der Waals surface area contributed by atoms with Gasteiger partial charge in [-0.15, -0.1) is 23.1 Å². The van der Waals surface area contributed by atoms with Crippen LogP contribution in [0.4, 0.5) is 5.13 Å². The zero-order chi connectivity index (χ0) is 48.0. The molecule has 0 spiro atoms. The number of pyridine rings is 1. The van der Waals surface area contributed by atoms with Gasteiger partial charge in [-0.2, -0.15) is 0 Å². The molecule has 1 aromatic heterocycles. The highest BCUT2D eigenvalue weighted by Crippen LogP contribution is 2.43. The van der Waals surface area contributed by atoms with Crippen LogP contribution in [0.25, 0.3) is 11.1 Å². The standard InChI is InChI=1S/C56H44N6O6S2/c63-45-29-28-40-34-61(32-30-39(40)33-45)31-16-21-41-35-69-53-48(52(65)62(53)49(41)54(66)68-50(37-17-6-1-7-18-37)38-19-8-2-9-20-38)58-51(64)47(60-67)46-36-70-55(57-46)59-56(42-22-10-3-11-23-42,43-24-12-4-13-25-43)44-26-14-5-15-27-44/h1-30,32-34,36,48,50,53,67H,31,35H2,(H,57,59)(H,58,64)/b21-16+,60-47-. The van der Waals surface area contributed by atoms with Gasteiger partial charge in [-0.3, -0.25) is 19.3 Å². The number of hydrogen-bond acceptors (Lipinski definition) is 11. The third kappa shape index (κ3) is 9.05. The Kier molecular flexibility index (Phi) is 13.1. The van der Waals surface area contributed by atoms with E-state index in [0.29, 0.717) is 23.0 Å². The fourth-order valence-electron chi connectivity index (χ4n) is 8.95. The van der Waals surface area contributed by atoms with Gasteiger partial charge in [0.25, 0.3) is 11.8 Å². The maximum Gasteiger partial charge on any atom is 0.356 e. The van der Waals surface area contributed by atoms with Gasteiger partial charge in [0.05, 0.1) is 0 Å². The summed E-state index contributed by atoms with van der Waals surface area (Å²) >= 11 is 2.63. The number of anilines is 1. The number of aromatic nitrogens is 2. The predicted molar refractivity (Wildman–Crippen MR) is 273 cm³/mol. The number of nitrogens with one attached hydrogen (secondary N) is 2. The molecule has 1 saturated heterocycles. The Morgan fingerprint density at radius 3 is 1.96 bits per heavy atom. The van der Waals surface area contributed by atoms with Gasteiger partial charge in [-0.05, 0) is 68.8 Å². The first-order chi connectivity index (χ1) is 34.3. The minimum atomic E-state index is -1.07. The maximum absolute atomic E-state index is 14.6. The lowest BCUT2D eigenvalue weighted by molar-refractivity contribution is -0.154. The SMILES string of the molecule is O=C(OC(c1ccccc1)c1ccccc1)C1=C(/C=C/Cn2ccc3cc(=O)ccc-3c2)CSC2C(NC(=O)/C(=N\O)c3csc(NC(c4ccccc4)(c4ccccc4)c4ccccc4)n3)C(=O)N12. The van der Waals surface area contributed by atoms with Gasteiger partial charge < -0.3 is 25.1 Å². The number of thioether (sulfide) groups is 1. The van der Waals surface area contributed by atoms with Crippen molar-refractivity contribution >= 4 is 51.7 Å². The average molecular weight is 961 g/mol. The van der Waals surface area contributed by atoms with E-state index in [9.17, 15) is 24.4 Å². The molecule has 1 aliphatic carbocycles. The zero-order valence-corrected chi connectivity index (χ0v) is 39.0. The second-order valence-electron chi connectivity index (χ2n) is 16.6. The van der Waals surface area contributed by atoms with Crippen LogP contribution in [0.15, 0.2) is 227 Å². The zero-order valence-electron chi connectivity index (χ0n) is 37.4. The van der Waals surface area contributed by atoms with E-state index in [2.05, 4.69) is 15.8 Å². The number of β-lactam (4-membered cyclic amide) rings is 1. The molecule has 1 fully saturated rings. The Balaban J connectivity index is 0.916. The molecule has 346 valence electrons. The second kappa shape index (κ2) is 20.1. The summed E-state index contributed by atoms with van der Waals surface area (Å²) in [4.78, 5) is 61.2. The van der Waals surface area contributed by atoms with Crippen LogP contribution in [0.1, 0.15) is 39.6 Å². The van der Waals surface area contributed by atoms with Crippen LogP contribution in [-0.2, 0) is 31.2 Å². The number of amides is 2. The highest BCUT2D eigenvalue weighted by molar-refractivity contribution is 8.00. The van der Waals surface area contributed by atoms with Crippen molar-refractivity contribution < 1.29 is 24.3 Å². The van der Waals surface area contributed by atoms with Crippen molar-refractivity contribution in [3.8, 4) is 11.1 Å². The van der Waals surface area contributed by atoms with Gasteiger partial charge in [0.2, 0.25) is 0 Å². The summed E-state index contributed by atoms with van der Waals surface area (Å²) in [6, 6.07) is 54.5. The number of nitrogens with zero attached hydrogens (tertiary/aromatic N) is 4. The number of allylic oxidation sites excluding steroid dienone is 2. The molecule has 6 aromatic rings. The van der Waals surface area contributed by atoms with Gasteiger partial charge in [-0.1, -0.05) is 169 Å². The second-order valence-corrected chi connectivity index (χ2v) is 18.6. The molecule has 14 heteroatoms. The molecule has 10 rings (SSSR count). The van der Waals surface area contributed by atoms with E-state index in [0.717, 1.165) is 38.9 Å². The molecule has 3 aliphatic heterocycles. The van der Waals surface area contributed by atoms with Crippen LogP contribution < -0.4 is 16.1 Å². The third-order valence-electron chi connectivity index (χ3n) is 12.3. The summed E-state index contributed by atoms with van der Waals surface area (Å²) in [6.07, 6.45) is 6.75. The Labute approximate surface area is 411 Å². The Bertz CT molecular complexity index is 3150. The van der Waals surface area contributed by atoms with Gasteiger partial charge >= 0.3 is 5.97 Å². The number of hydrogen-bond donors (Lipinski definition) is 3. The van der Waals surface area contributed by atoms with Crippen LogP contribution in [0.2, 0.25) is 0 Å². The summed E-state index contributed by atoms with van der Waals surface area (Å²) < 4.78 is 8.30. The van der Waals surface area contributed by atoms with Crippen molar-refractivity contribution in [1.29, 1.82) is 0 Å². The van der Waals surface area contributed by atoms with E-state index in [-0.39, 0.29) is 22.5 Å². The number of carbonyl (C=O) groups is 3. The first-order valence-electron chi connectivity index (χ1n) is 22.5. The summed E-state index contributed by atoms with van der Waals surface area (Å²) in [6.45, 7) is 0.432. The first-order valence-corrected chi connectivity index (χ1v) is 24.4. The minimum absolute atomic E-state index is 0.0638. The van der Waals surface area contributed by atoms with E-state index in [1.54, 1.807) is 17.5 Å². The van der Waals surface area contributed by atoms with E-state index in [4.69, 9.17) is 9.72 Å². The fourth-order valence-corrected chi connectivity index (χ4v) is 11.0. The smallest absolute Gasteiger partial charge is 0.356 e. The van der Waals surface area contributed by atoms with E-state index < -0.39 is 40.8 Å². The number of carbonyl (C=O) groups excluding carboxylic acids is 3. The molecular weight excluding hydrogens is 917 g/mol. The van der Waals surface area contributed by atoms with Crippen molar-refractivity contribution in [3.05, 3.63) is 261 Å². The molecule has 2 unspecified atom stereocenters. The fraction of sp³-hybridized carbons (Fsp3) is 0.107. The van der Waals surface area contributed by atoms with Crippen molar-refractivity contribution in [2.75, 3.05) is 11.1 Å². The van der Waals surface area contributed by atoms with Crippen molar-refractivity contribution in [2.24, 2.45) is 5.16 Å². The predicted octanol–water partition coefficient (Wildman–Crippen LogP) is 9.24. The number of thiazole rings is 1. The molecule has 70 heavy (non-hydrogen) atoms. The van der Waals surface area contributed by atoms with Crippen LogP contribution >= 0.6 is 23.1 Å². The van der Waals surface area contributed by atoms with Gasteiger partial charge in [0, 0.05) is 30.1 Å². The van der Waals surface area contributed by atoms with Crippen LogP contribution in [0.3, 0.4) is 0 Å².